The van der Waals surface area contributed by atoms with Gasteiger partial charge in [0.05, 0.1) is 23.7 Å². The van der Waals surface area contributed by atoms with Gasteiger partial charge in [-0.2, -0.15) is 0 Å². The van der Waals surface area contributed by atoms with Crippen LogP contribution in [-0.2, 0) is 4.79 Å². The molecule has 0 bridgehead atoms. The Balaban J connectivity index is 1.89. The third kappa shape index (κ3) is 3.71. The number of rotatable bonds is 6. The van der Waals surface area contributed by atoms with Crippen LogP contribution in [-0.4, -0.2) is 47.6 Å². The molecule has 1 aliphatic rings. The van der Waals surface area contributed by atoms with Crippen LogP contribution in [0.15, 0.2) is 24.3 Å². The van der Waals surface area contributed by atoms with Gasteiger partial charge in [0.25, 0.3) is 5.91 Å². The molecule has 0 spiro atoms. The Hall–Kier alpha value is -1.59. The standard InChI is InChI=1S/C14H17ClN2O3/c15-12-4-2-1-3-11(12)14(20)16-9-13(19)17(7-8-18)10-5-6-10/h1-4,10,18H,5-9H2,(H,16,20). The topological polar surface area (TPSA) is 69.6 Å². The molecule has 0 atom stereocenters. The summed E-state index contributed by atoms with van der Waals surface area (Å²) < 4.78 is 0. The zero-order valence-corrected chi connectivity index (χ0v) is 11.8. The summed E-state index contributed by atoms with van der Waals surface area (Å²) in [6.45, 7) is 0.159. The fraction of sp³-hybridized carbons (Fsp3) is 0.429. The van der Waals surface area contributed by atoms with Gasteiger partial charge in [-0.15, -0.1) is 0 Å². The zero-order chi connectivity index (χ0) is 14.5. The highest BCUT2D eigenvalue weighted by atomic mass is 35.5. The Kier molecular flexibility index (Phi) is 4.98. The molecule has 0 unspecified atom stereocenters. The maximum atomic E-state index is 12.0. The number of carbonyl (C=O) groups excluding carboxylic acids is 2. The number of hydrogen-bond acceptors (Lipinski definition) is 3. The van der Waals surface area contributed by atoms with Crippen LogP contribution in [0.1, 0.15) is 23.2 Å². The van der Waals surface area contributed by atoms with Gasteiger partial charge >= 0.3 is 0 Å². The molecule has 1 aliphatic carbocycles. The second kappa shape index (κ2) is 6.72. The first-order valence-electron chi connectivity index (χ1n) is 6.56. The summed E-state index contributed by atoms with van der Waals surface area (Å²) in [6.07, 6.45) is 1.92. The fourth-order valence-electron chi connectivity index (χ4n) is 2.00. The SMILES string of the molecule is O=C(NCC(=O)N(CCO)C1CC1)c1ccccc1Cl. The van der Waals surface area contributed by atoms with E-state index < -0.39 is 0 Å². The lowest BCUT2D eigenvalue weighted by molar-refractivity contribution is -0.131. The van der Waals surface area contributed by atoms with E-state index in [1.54, 1.807) is 29.2 Å². The number of nitrogens with one attached hydrogen (secondary N) is 1. The highest BCUT2D eigenvalue weighted by Crippen LogP contribution is 2.26. The molecule has 1 saturated carbocycles. The molecule has 1 fully saturated rings. The maximum absolute atomic E-state index is 12.0. The predicted octanol–water partition coefficient (Wildman–Crippen LogP) is 1.05. The van der Waals surface area contributed by atoms with Crippen molar-refractivity contribution in [2.24, 2.45) is 0 Å². The predicted molar refractivity (Wildman–Crippen MR) is 75.6 cm³/mol. The molecule has 2 N–H and O–H groups in total. The van der Waals surface area contributed by atoms with E-state index >= 15 is 0 Å². The van der Waals surface area contributed by atoms with Crippen molar-refractivity contribution >= 4 is 23.4 Å². The van der Waals surface area contributed by atoms with Crippen molar-refractivity contribution in [1.29, 1.82) is 0 Å². The largest absolute Gasteiger partial charge is 0.395 e. The Morgan fingerprint density at radius 2 is 2.05 bits per heavy atom. The second-order valence-electron chi connectivity index (χ2n) is 4.70. The first-order chi connectivity index (χ1) is 9.63. The maximum Gasteiger partial charge on any atom is 0.253 e. The van der Waals surface area contributed by atoms with Crippen LogP contribution in [0.2, 0.25) is 5.02 Å². The van der Waals surface area contributed by atoms with E-state index in [0.29, 0.717) is 17.1 Å². The van der Waals surface area contributed by atoms with E-state index in [2.05, 4.69) is 5.32 Å². The Labute approximate surface area is 122 Å². The smallest absolute Gasteiger partial charge is 0.253 e. The molecule has 20 heavy (non-hydrogen) atoms. The van der Waals surface area contributed by atoms with E-state index in [-0.39, 0.29) is 31.0 Å². The summed E-state index contributed by atoms with van der Waals surface area (Å²) in [5.74, 6) is -0.550. The van der Waals surface area contributed by atoms with Crippen LogP contribution in [0.5, 0.6) is 0 Å². The quantitative estimate of drug-likeness (QED) is 0.824. The number of hydrogen-bond donors (Lipinski definition) is 2. The van der Waals surface area contributed by atoms with E-state index in [1.807, 2.05) is 0 Å². The van der Waals surface area contributed by atoms with Gasteiger partial charge in [0.2, 0.25) is 5.91 Å². The van der Waals surface area contributed by atoms with E-state index in [0.717, 1.165) is 12.8 Å². The second-order valence-corrected chi connectivity index (χ2v) is 5.11. The fourth-order valence-corrected chi connectivity index (χ4v) is 2.22. The first-order valence-corrected chi connectivity index (χ1v) is 6.94. The molecule has 6 heteroatoms. The molecule has 0 radical (unpaired) electrons. The highest BCUT2D eigenvalue weighted by molar-refractivity contribution is 6.33. The third-order valence-electron chi connectivity index (χ3n) is 3.17. The van der Waals surface area contributed by atoms with Crippen LogP contribution in [0.3, 0.4) is 0 Å². The van der Waals surface area contributed by atoms with Gasteiger partial charge in [0.15, 0.2) is 0 Å². The van der Waals surface area contributed by atoms with Gasteiger partial charge in [-0.25, -0.2) is 0 Å². The van der Waals surface area contributed by atoms with E-state index in [4.69, 9.17) is 16.7 Å². The van der Waals surface area contributed by atoms with E-state index in [9.17, 15) is 9.59 Å². The summed E-state index contributed by atoms with van der Waals surface area (Å²) in [6, 6.07) is 6.90. The van der Waals surface area contributed by atoms with Gasteiger partial charge in [-0.05, 0) is 25.0 Å². The molecule has 1 aromatic carbocycles. The average molecular weight is 297 g/mol. The van der Waals surface area contributed by atoms with Crippen LogP contribution in [0.25, 0.3) is 0 Å². The monoisotopic (exact) mass is 296 g/mol. The normalized spacial score (nSPS) is 13.9. The number of benzene rings is 1. The molecule has 5 nitrogen and oxygen atoms in total. The molecule has 0 saturated heterocycles. The summed E-state index contributed by atoms with van der Waals surface area (Å²) >= 11 is 5.92. The molecule has 0 aromatic heterocycles. The van der Waals surface area contributed by atoms with Gasteiger partial charge in [-0.3, -0.25) is 9.59 Å². The molecule has 108 valence electrons. The van der Waals surface area contributed by atoms with Gasteiger partial charge in [0.1, 0.15) is 0 Å². The highest BCUT2D eigenvalue weighted by Gasteiger charge is 2.31. The minimum atomic E-state index is -0.372. The summed E-state index contributed by atoms with van der Waals surface area (Å²) in [4.78, 5) is 25.5. The van der Waals surface area contributed by atoms with Gasteiger partial charge in [0, 0.05) is 12.6 Å². The van der Waals surface area contributed by atoms with Crippen LogP contribution < -0.4 is 5.32 Å². The number of carbonyl (C=O) groups is 2. The Morgan fingerprint density at radius 1 is 1.35 bits per heavy atom. The van der Waals surface area contributed by atoms with Gasteiger partial charge in [-0.1, -0.05) is 23.7 Å². The summed E-state index contributed by atoms with van der Waals surface area (Å²) in [5.41, 5.74) is 0.349. The lowest BCUT2D eigenvalue weighted by Gasteiger charge is -2.21. The number of nitrogens with zero attached hydrogens (tertiary/aromatic N) is 1. The number of halogens is 1. The van der Waals surface area contributed by atoms with Crippen LogP contribution in [0, 0.1) is 0 Å². The minimum Gasteiger partial charge on any atom is -0.395 e. The van der Waals surface area contributed by atoms with Crippen LogP contribution >= 0.6 is 11.6 Å². The van der Waals surface area contributed by atoms with Crippen molar-refractivity contribution in [1.82, 2.24) is 10.2 Å². The van der Waals surface area contributed by atoms with Crippen molar-refractivity contribution < 1.29 is 14.7 Å². The van der Waals surface area contributed by atoms with Crippen molar-refractivity contribution in [3.63, 3.8) is 0 Å². The first kappa shape index (κ1) is 14.8. The zero-order valence-electron chi connectivity index (χ0n) is 11.0. The van der Waals surface area contributed by atoms with Crippen LogP contribution in [0.4, 0.5) is 0 Å². The molecule has 0 aliphatic heterocycles. The van der Waals surface area contributed by atoms with Crippen molar-refractivity contribution in [3.8, 4) is 0 Å². The lowest BCUT2D eigenvalue weighted by atomic mass is 10.2. The van der Waals surface area contributed by atoms with Crippen molar-refractivity contribution in [2.75, 3.05) is 19.7 Å². The molecule has 2 amide bonds. The van der Waals surface area contributed by atoms with Crippen molar-refractivity contribution in [2.45, 2.75) is 18.9 Å². The molecule has 2 rings (SSSR count). The lowest BCUT2D eigenvalue weighted by Crippen LogP contribution is -2.42. The van der Waals surface area contributed by atoms with Gasteiger partial charge < -0.3 is 15.3 Å². The molecule has 0 heterocycles. The minimum absolute atomic E-state index is 0.0688. The Morgan fingerprint density at radius 3 is 2.65 bits per heavy atom. The molecular weight excluding hydrogens is 280 g/mol. The molecule has 1 aromatic rings. The number of amides is 2. The number of aliphatic hydroxyl groups excluding tert-OH is 1. The summed E-state index contributed by atoms with van der Waals surface area (Å²) in [7, 11) is 0. The third-order valence-corrected chi connectivity index (χ3v) is 3.50. The molecular formula is C14H17ClN2O3. The number of aliphatic hydroxyl groups is 1. The van der Waals surface area contributed by atoms with E-state index in [1.165, 1.54) is 0 Å². The summed E-state index contributed by atoms with van der Waals surface area (Å²) in [5, 5.41) is 11.9. The Bertz CT molecular complexity index is 503. The van der Waals surface area contributed by atoms with Crippen molar-refractivity contribution in [3.05, 3.63) is 34.9 Å². The average Bonchev–Trinajstić information content (AvgIpc) is 3.26.